The third kappa shape index (κ3) is 3.32. The van der Waals surface area contributed by atoms with E-state index in [0.717, 1.165) is 11.1 Å². The molecule has 1 heterocycles. The molecule has 0 fully saturated rings. The lowest BCUT2D eigenvalue weighted by Gasteiger charge is -2.05. The Bertz CT molecular complexity index is 1100. The maximum Gasteiger partial charge on any atom is 0.255 e. The van der Waals surface area contributed by atoms with Gasteiger partial charge in [-0.15, -0.1) is 0 Å². The Labute approximate surface area is 155 Å². The number of nitrogens with zero attached hydrogens (tertiary/aromatic N) is 1. The predicted octanol–water partition coefficient (Wildman–Crippen LogP) is 5.71. The topological polar surface area (TPSA) is 55.1 Å². The van der Waals surface area contributed by atoms with Gasteiger partial charge in [0.05, 0.1) is 0 Å². The van der Waals surface area contributed by atoms with Crippen molar-refractivity contribution in [2.75, 3.05) is 5.32 Å². The minimum atomic E-state index is -0.158. The van der Waals surface area contributed by atoms with Gasteiger partial charge in [0, 0.05) is 21.8 Å². The van der Waals surface area contributed by atoms with Crippen molar-refractivity contribution >= 4 is 34.3 Å². The number of benzene rings is 3. The highest BCUT2D eigenvalue weighted by Gasteiger charge is 2.11. The number of halogens is 1. The molecule has 4 rings (SSSR count). The fourth-order valence-electron chi connectivity index (χ4n) is 2.71. The summed E-state index contributed by atoms with van der Waals surface area (Å²) in [6.45, 7) is 1.95. The number of amides is 1. The molecule has 0 saturated heterocycles. The van der Waals surface area contributed by atoms with E-state index in [0.29, 0.717) is 33.3 Å². The number of carbonyl (C=O) groups is 1. The summed E-state index contributed by atoms with van der Waals surface area (Å²) in [6, 6.07) is 20.1. The van der Waals surface area contributed by atoms with Gasteiger partial charge in [0.25, 0.3) is 5.91 Å². The zero-order chi connectivity index (χ0) is 18.1. The van der Waals surface area contributed by atoms with E-state index in [9.17, 15) is 4.79 Å². The minimum absolute atomic E-state index is 0.158. The first-order valence-electron chi connectivity index (χ1n) is 8.13. The van der Waals surface area contributed by atoms with Gasteiger partial charge in [0.1, 0.15) is 5.52 Å². The molecule has 4 nitrogen and oxygen atoms in total. The van der Waals surface area contributed by atoms with Crippen LogP contribution in [0.5, 0.6) is 0 Å². The molecule has 0 bridgehead atoms. The number of fused-ring (bicyclic) bond motifs is 1. The van der Waals surface area contributed by atoms with E-state index >= 15 is 0 Å². The fourth-order valence-corrected chi connectivity index (χ4v) is 2.84. The molecule has 3 aromatic carbocycles. The van der Waals surface area contributed by atoms with Crippen molar-refractivity contribution in [1.29, 1.82) is 0 Å². The molecule has 5 heteroatoms. The van der Waals surface area contributed by atoms with E-state index < -0.39 is 0 Å². The second kappa shape index (κ2) is 6.65. The van der Waals surface area contributed by atoms with Gasteiger partial charge >= 0.3 is 0 Å². The molecule has 1 amide bonds. The lowest BCUT2D eigenvalue weighted by Crippen LogP contribution is -2.11. The van der Waals surface area contributed by atoms with Crippen LogP contribution in [0.25, 0.3) is 22.6 Å². The van der Waals surface area contributed by atoms with E-state index in [4.69, 9.17) is 16.0 Å². The molecular formula is C21H15ClN2O2. The SMILES string of the molecule is Cc1cccc(C(=O)Nc2ccc3oc(-c4ccc(Cl)cc4)nc3c2)c1. The van der Waals surface area contributed by atoms with Crippen LogP contribution in [0.1, 0.15) is 15.9 Å². The molecule has 0 spiro atoms. The van der Waals surface area contributed by atoms with Gasteiger partial charge < -0.3 is 9.73 Å². The lowest BCUT2D eigenvalue weighted by atomic mass is 10.1. The van der Waals surface area contributed by atoms with Crippen molar-refractivity contribution in [3.05, 3.63) is 82.9 Å². The summed E-state index contributed by atoms with van der Waals surface area (Å²) in [6.07, 6.45) is 0. The predicted molar refractivity (Wildman–Crippen MR) is 104 cm³/mol. The number of aromatic nitrogens is 1. The van der Waals surface area contributed by atoms with Crippen LogP contribution in [0.15, 0.2) is 71.1 Å². The molecule has 0 aliphatic rings. The maximum atomic E-state index is 12.4. The molecule has 0 radical (unpaired) electrons. The number of aryl methyl sites for hydroxylation is 1. The van der Waals surface area contributed by atoms with Gasteiger partial charge in [0.15, 0.2) is 5.58 Å². The number of carbonyl (C=O) groups excluding carboxylic acids is 1. The Kier molecular flexibility index (Phi) is 4.19. The molecule has 1 aromatic heterocycles. The van der Waals surface area contributed by atoms with Gasteiger partial charge in [-0.2, -0.15) is 0 Å². The summed E-state index contributed by atoms with van der Waals surface area (Å²) in [7, 11) is 0. The summed E-state index contributed by atoms with van der Waals surface area (Å²) >= 11 is 5.92. The average Bonchev–Trinajstić information content (AvgIpc) is 3.05. The largest absolute Gasteiger partial charge is 0.436 e. The van der Waals surface area contributed by atoms with Crippen LogP contribution in [0.2, 0.25) is 5.02 Å². The summed E-state index contributed by atoms with van der Waals surface area (Å²) in [5, 5.41) is 3.55. The van der Waals surface area contributed by atoms with Crippen molar-refractivity contribution in [3.63, 3.8) is 0 Å². The first-order valence-corrected chi connectivity index (χ1v) is 8.51. The van der Waals surface area contributed by atoms with Gasteiger partial charge in [-0.1, -0.05) is 29.3 Å². The van der Waals surface area contributed by atoms with Crippen molar-refractivity contribution in [1.82, 2.24) is 4.98 Å². The normalized spacial score (nSPS) is 10.8. The Morgan fingerprint density at radius 3 is 2.62 bits per heavy atom. The number of hydrogen-bond donors (Lipinski definition) is 1. The van der Waals surface area contributed by atoms with E-state index in [2.05, 4.69) is 10.3 Å². The summed E-state index contributed by atoms with van der Waals surface area (Å²) in [5.74, 6) is 0.355. The number of rotatable bonds is 3. The molecule has 0 atom stereocenters. The van der Waals surface area contributed by atoms with Crippen LogP contribution < -0.4 is 5.32 Å². The second-order valence-electron chi connectivity index (χ2n) is 6.03. The van der Waals surface area contributed by atoms with Crippen molar-refractivity contribution in [3.8, 4) is 11.5 Å². The van der Waals surface area contributed by atoms with Crippen LogP contribution in [0, 0.1) is 6.92 Å². The first-order chi connectivity index (χ1) is 12.6. The van der Waals surface area contributed by atoms with Gasteiger partial charge in [-0.05, 0) is 61.5 Å². The Morgan fingerprint density at radius 1 is 1.04 bits per heavy atom. The molecule has 0 saturated carbocycles. The van der Waals surface area contributed by atoms with Crippen LogP contribution in [-0.2, 0) is 0 Å². The average molecular weight is 363 g/mol. The molecule has 128 valence electrons. The van der Waals surface area contributed by atoms with E-state index in [-0.39, 0.29) is 5.91 Å². The van der Waals surface area contributed by atoms with Gasteiger partial charge in [-0.3, -0.25) is 4.79 Å². The maximum absolute atomic E-state index is 12.4. The van der Waals surface area contributed by atoms with Crippen LogP contribution in [0.3, 0.4) is 0 Å². The molecule has 26 heavy (non-hydrogen) atoms. The zero-order valence-electron chi connectivity index (χ0n) is 14.0. The van der Waals surface area contributed by atoms with Crippen molar-refractivity contribution < 1.29 is 9.21 Å². The monoisotopic (exact) mass is 362 g/mol. The molecular weight excluding hydrogens is 348 g/mol. The van der Waals surface area contributed by atoms with Gasteiger partial charge in [-0.25, -0.2) is 4.98 Å². The molecule has 4 aromatic rings. The van der Waals surface area contributed by atoms with Gasteiger partial charge in [0.2, 0.25) is 5.89 Å². The van der Waals surface area contributed by atoms with Crippen LogP contribution in [0.4, 0.5) is 5.69 Å². The number of hydrogen-bond acceptors (Lipinski definition) is 3. The Balaban J connectivity index is 1.61. The molecule has 1 N–H and O–H groups in total. The standard InChI is InChI=1S/C21H15ClN2O2/c1-13-3-2-4-15(11-13)20(25)23-17-9-10-19-18(12-17)24-21(26-19)14-5-7-16(22)8-6-14/h2-12H,1H3,(H,23,25). The highest BCUT2D eigenvalue weighted by atomic mass is 35.5. The summed E-state index contributed by atoms with van der Waals surface area (Å²) in [4.78, 5) is 16.9. The highest BCUT2D eigenvalue weighted by Crippen LogP contribution is 2.27. The summed E-state index contributed by atoms with van der Waals surface area (Å²) < 4.78 is 5.79. The quantitative estimate of drug-likeness (QED) is 0.508. The third-order valence-corrected chi connectivity index (χ3v) is 4.27. The minimum Gasteiger partial charge on any atom is -0.436 e. The zero-order valence-corrected chi connectivity index (χ0v) is 14.7. The van der Waals surface area contributed by atoms with E-state index in [1.807, 2.05) is 37.3 Å². The molecule has 0 unspecified atom stereocenters. The van der Waals surface area contributed by atoms with Crippen LogP contribution in [-0.4, -0.2) is 10.9 Å². The Hall–Kier alpha value is -3.11. The van der Waals surface area contributed by atoms with Crippen molar-refractivity contribution in [2.45, 2.75) is 6.92 Å². The number of anilines is 1. The molecule has 0 aliphatic heterocycles. The molecule has 0 aliphatic carbocycles. The van der Waals surface area contributed by atoms with E-state index in [1.165, 1.54) is 0 Å². The Morgan fingerprint density at radius 2 is 1.85 bits per heavy atom. The number of nitrogens with one attached hydrogen (secondary N) is 1. The third-order valence-electron chi connectivity index (χ3n) is 4.02. The van der Waals surface area contributed by atoms with Crippen molar-refractivity contribution in [2.24, 2.45) is 0 Å². The first kappa shape index (κ1) is 16.4. The van der Waals surface area contributed by atoms with E-state index in [1.54, 1.807) is 36.4 Å². The van der Waals surface area contributed by atoms with Crippen LogP contribution >= 0.6 is 11.6 Å². The summed E-state index contributed by atoms with van der Waals surface area (Å²) in [5.41, 5.74) is 4.50. The highest BCUT2D eigenvalue weighted by molar-refractivity contribution is 6.30. The number of oxazole rings is 1. The lowest BCUT2D eigenvalue weighted by molar-refractivity contribution is 0.102. The smallest absolute Gasteiger partial charge is 0.255 e. The fraction of sp³-hybridized carbons (Fsp3) is 0.0476. The second-order valence-corrected chi connectivity index (χ2v) is 6.47.